The van der Waals surface area contributed by atoms with Gasteiger partial charge in [-0.1, -0.05) is 6.07 Å². The number of carboxylic acids is 1. The van der Waals surface area contributed by atoms with Gasteiger partial charge < -0.3 is 20.5 Å². The maximum Gasteiger partial charge on any atom is 0.339 e. The number of hydrogen-bond donors (Lipinski definition) is 2. The van der Waals surface area contributed by atoms with Crippen molar-refractivity contribution in [1.82, 2.24) is 4.90 Å². The van der Waals surface area contributed by atoms with Crippen molar-refractivity contribution in [3.05, 3.63) is 23.8 Å². The summed E-state index contributed by atoms with van der Waals surface area (Å²) in [5, 5.41) is 9.07. The fourth-order valence-electron chi connectivity index (χ4n) is 2.25. The van der Waals surface area contributed by atoms with Crippen LogP contribution in [-0.4, -0.2) is 41.6 Å². The topological polar surface area (TPSA) is 92.9 Å². The fourth-order valence-corrected chi connectivity index (χ4v) is 2.25. The standard InChI is InChI=1S/C14H18N2O4/c15-11-6-4-5-10(14(18)19)13(11)20-9-12(17)16-7-2-1-3-8-16/h4-6H,1-3,7-9,15H2,(H,18,19). The van der Waals surface area contributed by atoms with Gasteiger partial charge in [-0.25, -0.2) is 4.79 Å². The van der Waals surface area contributed by atoms with E-state index in [1.54, 1.807) is 11.0 Å². The molecule has 0 spiro atoms. The summed E-state index contributed by atoms with van der Waals surface area (Å²) in [7, 11) is 0. The van der Waals surface area contributed by atoms with Gasteiger partial charge in [-0.05, 0) is 31.4 Å². The monoisotopic (exact) mass is 278 g/mol. The Morgan fingerprint density at radius 3 is 2.60 bits per heavy atom. The number of nitrogen functional groups attached to an aromatic ring is 1. The molecule has 0 aliphatic carbocycles. The lowest BCUT2D eigenvalue weighted by molar-refractivity contribution is -0.134. The first-order chi connectivity index (χ1) is 9.59. The third kappa shape index (κ3) is 3.20. The summed E-state index contributed by atoms with van der Waals surface area (Å²) in [6, 6.07) is 4.49. The Morgan fingerprint density at radius 2 is 1.95 bits per heavy atom. The molecule has 1 saturated heterocycles. The molecule has 1 aliphatic heterocycles. The van der Waals surface area contributed by atoms with E-state index in [0.29, 0.717) is 0 Å². The lowest BCUT2D eigenvalue weighted by Gasteiger charge is -2.26. The molecule has 6 heteroatoms. The Kier molecular flexibility index (Phi) is 4.45. The number of benzene rings is 1. The molecule has 0 aromatic heterocycles. The summed E-state index contributed by atoms with van der Waals surface area (Å²) in [6.45, 7) is 1.28. The highest BCUT2D eigenvalue weighted by atomic mass is 16.5. The first kappa shape index (κ1) is 14.2. The molecule has 108 valence electrons. The number of likely N-dealkylation sites (tertiary alicyclic amines) is 1. The summed E-state index contributed by atoms with van der Waals surface area (Å²) in [4.78, 5) is 24.8. The van der Waals surface area contributed by atoms with E-state index in [-0.39, 0.29) is 29.5 Å². The minimum Gasteiger partial charge on any atom is -0.481 e. The number of carbonyl (C=O) groups is 2. The van der Waals surface area contributed by atoms with E-state index in [0.717, 1.165) is 32.4 Å². The number of nitrogens with zero attached hydrogens (tertiary/aromatic N) is 1. The van der Waals surface area contributed by atoms with Crippen LogP contribution in [0, 0.1) is 0 Å². The molecule has 2 rings (SSSR count). The Morgan fingerprint density at radius 1 is 1.25 bits per heavy atom. The normalized spacial score (nSPS) is 14.9. The average molecular weight is 278 g/mol. The molecular formula is C14H18N2O4. The van der Waals surface area contributed by atoms with Crippen molar-refractivity contribution < 1.29 is 19.4 Å². The minimum atomic E-state index is -1.13. The second-order valence-electron chi connectivity index (χ2n) is 4.76. The van der Waals surface area contributed by atoms with Gasteiger partial charge in [0, 0.05) is 13.1 Å². The van der Waals surface area contributed by atoms with Crippen LogP contribution in [-0.2, 0) is 4.79 Å². The van der Waals surface area contributed by atoms with E-state index in [1.165, 1.54) is 12.1 Å². The van der Waals surface area contributed by atoms with Crippen LogP contribution in [0.25, 0.3) is 0 Å². The molecule has 0 saturated carbocycles. The number of carboxylic acid groups (broad SMARTS) is 1. The maximum atomic E-state index is 12.0. The van der Waals surface area contributed by atoms with Gasteiger partial charge in [0.25, 0.3) is 5.91 Å². The van der Waals surface area contributed by atoms with Crippen molar-refractivity contribution in [2.24, 2.45) is 0 Å². The number of piperidine rings is 1. The van der Waals surface area contributed by atoms with Crippen LogP contribution in [0.5, 0.6) is 5.75 Å². The van der Waals surface area contributed by atoms with Gasteiger partial charge >= 0.3 is 5.97 Å². The summed E-state index contributed by atoms with van der Waals surface area (Å²) in [5.74, 6) is -1.20. The quantitative estimate of drug-likeness (QED) is 0.811. The average Bonchev–Trinajstić information content (AvgIpc) is 2.46. The SMILES string of the molecule is Nc1cccc(C(=O)O)c1OCC(=O)N1CCCCC1. The predicted molar refractivity (Wildman–Crippen MR) is 73.7 cm³/mol. The maximum absolute atomic E-state index is 12.0. The number of aromatic carboxylic acids is 1. The third-order valence-corrected chi connectivity index (χ3v) is 3.32. The van der Waals surface area contributed by atoms with Gasteiger partial charge in [-0.3, -0.25) is 4.79 Å². The van der Waals surface area contributed by atoms with E-state index in [1.807, 2.05) is 0 Å². The van der Waals surface area contributed by atoms with Gasteiger partial charge in [-0.15, -0.1) is 0 Å². The number of carbonyl (C=O) groups excluding carboxylic acids is 1. The number of amides is 1. The first-order valence-corrected chi connectivity index (χ1v) is 6.62. The van der Waals surface area contributed by atoms with Gasteiger partial charge in [0.1, 0.15) is 5.56 Å². The fraction of sp³-hybridized carbons (Fsp3) is 0.429. The van der Waals surface area contributed by atoms with Crippen molar-refractivity contribution in [1.29, 1.82) is 0 Å². The molecule has 0 unspecified atom stereocenters. The third-order valence-electron chi connectivity index (χ3n) is 3.32. The lowest BCUT2D eigenvalue weighted by Crippen LogP contribution is -2.38. The zero-order chi connectivity index (χ0) is 14.5. The first-order valence-electron chi connectivity index (χ1n) is 6.62. The molecule has 1 fully saturated rings. The van der Waals surface area contributed by atoms with Crippen LogP contribution in [0.1, 0.15) is 29.6 Å². The minimum absolute atomic E-state index is 0.0311. The van der Waals surface area contributed by atoms with Crippen molar-refractivity contribution >= 4 is 17.6 Å². The van der Waals surface area contributed by atoms with E-state index in [4.69, 9.17) is 15.6 Å². The molecule has 1 amide bonds. The van der Waals surface area contributed by atoms with Crippen LogP contribution in [0.2, 0.25) is 0 Å². The number of hydrogen-bond acceptors (Lipinski definition) is 4. The molecule has 20 heavy (non-hydrogen) atoms. The molecule has 1 heterocycles. The van der Waals surface area contributed by atoms with Crippen LogP contribution >= 0.6 is 0 Å². The van der Waals surface area contributed by atoms with Crippen LogP contribution in [0.15, 0.2) is 18.2 Å². The highest BCUT2D eigenvalue weighted by Crippen LogP contribution is 2.26. The summed E-state index contributed by atoms with van der Waals surface area (Å²) >= 11 is 0. The number of ether oxygens (including phenoxy) is 1. The Labute approximate surface area is 117 Å². The molecule has 3 N–H and O–H groups in total. The number of para-hydroxylation sites is 1. The summed E-state index contributed by atoms with van der Waals surface area (Å²) in [5.41, 5.74) is 5.90. The van der Waals surface area contributed by atoms with Crippen molar-refractivity contribution in [2.45, 2.75) is 19.3 Å². The van der Waals surface area contributed by atoms with Gasteiger partial charge in [0.15, 0.2) is 12.4 Å². The van der Waals surface area contributed by atoms with Crippen LogP contribution in [0.4, 0.5) is 5.69 Å². The highest BCUT2D eigenvalue weighted by Gasteiger charge is 2.19. The van der Waals surface area contributed by atoms with Crippen molar-refractivity contribution in [2.75, 3.05) is 25.4 Å². The van der Waals surface area contributed by atoms with Crippen molar-refractivity contribution in [3.8, 4) is 5.75 Å². The lowest BCUT2D eigenvalue weighted by atomic mass is 10.1. The Hall–Kier alpha value is -2.24. The molecule has 6 nitrogen and oxygen atoms in total. The molecule has 1 aromatic carbocycles. The number of rotatable bonds is 4. The van der Waals surface area contributed by atoms with Crippen LogP contribution in [0.3, 0.4) is 0 Å². The van der Waals surface area contributed by atoms with E-state index < -0.39 is 5.97 Å². The van der Waals surface area contributed by atoms with E-state index in [9.17, 15) is 9.59 Å². The summed E-state index contributed by atoms with van der Waals surface area (Å²) in [6.07, 6.45) is 3.14. The molecule has 0 radical (unpaired) electrons. The molecule has 0 bridgehead atoms. The van der Waals surface area contributed by atoms with E-state index >= 15 is 0 Å². The highest BCUT2D eigenvalue weighted by molar-refractivity contribution is 5.93. The second kappa shape index (κ2) is 6.27. The Balaban J connectivity index is 2.03. The predicted octanol–water partition coefficient (Wildman–Crippen LogP) is 1.36. The van der Waals surface area contributed by atoms with Gasteiger partial charge in [0.05, 0.1) is 5.69 Å². The molecule has 1 aliphatic rings. The molecular weight excluding hydrogens is 260 g/mol. The summed E-state index contributed by atoms with van der Waals surface area (Å²) < 4.78 is 5.35. The number of anilines is 1. The smallest absolute Gasteiger partial charge is 0.339 e. The zero-order valence-electron chi connectivity index (χ0n) is 11.2. The van der Waals surface area contributed by atoms with E-state index in [2.05, 4.69) is 0 Å². The molecule has 1 aromatic rings. The largest absolute Gasteiger partial charge is 0.481 e. The number of nitrogens with two attached hydrogens (primary N) is 1. The second-order valence-corrected chi connectivity index (χ2v) is 4.76. The van der Waals surface area contributed by atoms with Crippen LogP contribution < -0.4 is 10.5 Å². The van der Waals surface area contributed by atoms with Gasteiger partial charge in [0.2, 0.25) is 0 Å². The molecule has 0 atom stereocenters. The zero-order valence-corrected chi connectivity index (χ0v) is 11.2. The Bertz CT molecular complexity index is 510. The van der Waals surface area contributed by atoms with Crippen molar-refractivity contribution in [3.63, 3.8) is 0 Å². The van der Waals surface area contributed by atoms with Gasteiger partial charge in [-0.2, -0.15) is 0 Å².